The van der Waals surface area contributed by atoms with Gasteiger partial charge in [0.15, 0.2) is 0 Å². The highest BCUT2D eigenvalue weighted by atomic mass is 15.3. The van der Waals surface area contributed by atoms with E-state index in [1.54, 1.807) is 5.57 Å². The normalized spacial score (nSPS) is 28.6. The molecule has 0 unspecified atom stereocenters. The van der Waals surface area contributed by atoms with E-state index >= 15 is 0 Å². The minimum absolute atomic E-state index is 0.592. The largest absolute Gasteiger partial charge is 0.320 e. The minimum Gasteiger partial charge on any atom is -0.320 e. The Morgan fingerprint density at radius 3 is 2.62 bits per heavy atom. The van der Waals surface area contributed by atoms with Crippen molar-refractivity contribution in [2.24, 2.45) is 18.9 Å². The Hall–Kier alpha value is -1.16. The fourth-order valence-corrected chi connectivity index (χ4v) is 4.01. The van der Waals surface area contributed by atoms with Gasteiger partial charge >= 0.3 is 0 Å². The van der Waals surface area contributed by atoms with Crippen LogP contribution in [0, 0.1) is 11.8 Å². The van der Waals surface area contributed by atoms with Crippen LogP contribution in [0.2, 0.25) is 0 Å². The Bertz CT molecular complexity index is 497. The van der Waals surface area contributed by atoms with E-state index in [9.17, 15) is 0 Å². The molecule has 4 nitrogen and oxygen atoms in total. The highest BCUT2D eigenvalue weighted by molar-refractivity contribution is 5.09. The maximum atomic E-state index is 4.29. The molecule has 0 N–H and O–H groups in total. The predicted molar refractivity (Wildman–Crippen MR) is 85.1 cm³/mol. The summed E-state index contributed by atoms with van der Waals surface area (Å²) in [7, 11) is 2.06. The number of likely N-dealkylation sites (tertiary alicyclic amines) is 1. The standard InChI is InChI=1S/C17H28N4/c1-13-5-4-6-14(2)16(13)11-21-9-7-15(8-10-21)17-19-18-12-20(17)3/h5,12,14-16H,4,6-11H2,1-3H3/t14-,16+/m0/s1. The van der Waals surface area contributed by atoms with Gasteiger partial charge in [0.25, 0.3) is 0 Å². The van der Waals surface area contributed by atoms with E-state index in [4.69, 9.17) is 0 Å². The molecule has 1 aliphatic heterocycles. The van der Waals surface area contributed by atoms with Crippen molar-refractivity contribution >= 4 is 0 Å². The first kappa shape index (κ1) is 14.8. The molecule has 21 heavy (non-hydrogen) atoms. The summed E-state index contributed by atoms with van der Waals surface area (Å²) in [4.78, 5) is 2.66. The molecule has 2 aliphatic rings. The summed E-state index contributed by atoms with van der Waals surface area (Å²) in [5, 5.41) is 8.31. The topological polar surface area (TPSA) is 34.0 Å². The molecule has 4 heteroatoms. The molecule has 0 spiro atoms. The molecular weight excluding hydrogens is 260 g/mol. The molecule has 0 radical (unpaired) electrons. The number of piperidine rings is 1. The average Bonchev–Trinajstić information content (AvgIpc) is 2.90. The summed E-state index contributed by atoms with van der Waals surface area (Å²) in [6.45, 7) is 8.40. The third-order valence-electron chi connectivity index (χ3n) is 5.51. The summed E-state index contributed by atoms with van der Waals surface area (Å²) in [6.07, 6.45) is 9.35. The van der Waals surface area contributed by atoms with Gasteiger partial charge in [-0.2, -0.15) is 0 Å². The van der Waals surface area contributed by atoms with Crippen LogP contribution in [0.25, 0.3) is 0 Å². The molecule has 116 valence electrons. The van der Waals surface area contributed by atoms with Gasteiger partial charge < -0.3 is 9.47 Å². The molecule has 0 amide bonds. The van der Waals surface area contributed by atoms with E-state index in [1.165, 1.54) is 45.3 Å². The number of nitrogens with zero attached hydrogens (tertiary/aromatic N) is 4. The van der Waals surface area contributed by atoms with Crippen LogP contribution in [-0.4, -0.2) is 39.3 Å². The second-order valence-corrected chi connectivity index (χ2v) is 6.98. The maximum absolute atomic E-state index is 4.29. The first-order chi connectivity index (χ1) is 10.1. The fourth-order valence-electron chi connectivity index (χ4n) is 4.01. The van der Waals surface area contributed by atoms with Crippen molar-refractivity contribution in [1.82, 2.24) is 19.7 Å². The Morgan fingerprint density at radius 1 is 1.24 bits per heavy atom. The van der Waals surface area contributed by atoms with Crippen LogP contribution in [0.4, 0.5) is 0 Å². The van der Waals surface area contributed by atoms with Gasteiger partial charge in [0.2, 0.25) is 0 Å². The van der Waals surface area contributed by atoms with Gasteiger partial charge in [-0.05, 0) is 57.5 Å². The van der Waals surface area contributed by atoms with Gasteiger partial charge in [-0.15, -0.1) is 10.2 Å². The van der Waals surface area contributed by atoms with Gasteiger partial charge in [-0.3, -0.25) is 0 Å². The van der Waals surface area contributed by atoms with E-state index in [-0.39, 0.29) is 0 Å². The van der Waals surface area contributed by atoms with Crippen LogP contribution in [-0.2, 0) is 7.05 Å². The number of hydrogen-bond donors (Lipinski definition) is 0. The van der Waals surface area contributed by atoms with Crippen molar-refractivity contribution in [2.75, 3.05) is 19.6 Å². The Labute approximate surface area is 128 Å². The van der Waals surface area contributed by atoms with Crippen molar-refractivity contribution in [3.05, 3.63) is 23.8 Å². The lowest BCUT2D eigenvalue weighted by Gasteiger charge is -2.37. The van der Waals surface area contributed by atoms with Crippen LogP contribution in [0.5, 0.6) is 0 Å². The highest BCUT2D eigenvalue weighted by Crippen LogP contribution is 2.33. The molecule has 3 rings (SSSR count). The third-order valence-corrected chi connectivity index (χ3v) is 5.51. The van der Waals surface area contributed by atoms with E-state index in [1.807, 2.05) is 6.33 Å². The maximum Gasteiger partial charge on any atom is 0.135 e. The second-order valence-electron chi connectivity index (χ2n) is 6.98. The second kappa shape index (κ2) is 6.30. The van der Waals surface area contributed by atoms with Gasteiger partial charge in [-0.1, -0.05) is 18.6 Å². The molecule has 2 atom stereocenters. The lowest BCUT2D eigenvalue weighted by Crippen LogP contribution is -2.39. The van der Waals surface area contributed by atoms with Gasteiger partial charge in [-0.25, -0.2) is 0 Å². The van der Waals surface area contributed by atoms with Crippen molar-refractivity contribution < 1.29 is 0 Å². The van der Waals surface area contributed by atoms with Crippen molar-refractivity contribution in [1.29, 1.82) is 0 Å². The van der Waals surface area contributed by atoms with Gasteiger partial charge in [0.05, 0.1) is 0 Å². The molecule has 1 aromatic rings. The quantitative estimate of drug-likeness (QED) is 0.802. The van der Waals surface area contributed by atoms with Crippen LogP contribution < -0.4 is 0 Å². The zero-order valence-corrected chi connectivity index (χ0v) is 13.6. The summed E-state index contributed by atoms with van der Waals surface area (Å²) in [6, 6.07) is 0. The number of aryl methyl sites for hydroxylation is 1. The molecule has 0 aromatic carbocycles. The van der Waals surface area contributed by atoms with Crippen LogP contribution in [0.1, 0.15) is 51.3 Å². The van der Waals surface area contributed by atoms with Crippen LogP contribution in [0.3, 0.4) is 0 Å². The van der Waals surface area contributed by atoms with E-state index in [2.05, 4.69) is 46.6 Å². The SMILES string of the molecule is CC1=CCC[C@H](C)[C@@H]1CN1CCC(c2nncn2C)CC1. The molecule has 0 bridgehead atoms. The zero-order chi connectivity index (χ0) is 14.8. The Kier molecular flexibility index (Phi) is 4.43. The fraction of sp³-hybridized carbons (Fsp3) is 0.765. The van der Waals surface area contributed by atoms with Crippen molar-refractivity contribution in [3.63, 3.8) is 0 Å². The molecule has 1 aromatic heterocycles. The summed E-state index contributed by atoms with van der Waals surface area (Å²) in [5.74, 6) is 3.36. The molecule has 0 saturated carbocycles. The van der Waals surface area contributed by atoms with Crippen LogP contribution >= 0.6 is 0 Å². The smallest absolute Gasteiger partial charge is 0.135 e. The van der Waals surface area contributed by atoms with Crippen LogP contribution in [0.15, 0.2) is 18.0 Å². The molecule has 2 heterocycles. The lowest BCUT2D eigenvalue weighted by atomic mass is 9.79. The number of rotatable bonds is 3. The molecular formula is C17H28N4. The molecule has 1 fully saturated rings. The average molecular weight is 288 g/mol. The first-order valence-corrected chi connectivity index (χ1v) is 8.38. The summed E-state index contributed by atoms with van der Waals surface area (Å²) >= 11 is 0. The third kappa shape index (κ3) is 3.20. The van der Waals surface area contributed by atoms with Gasteiger partial charge in [0.1, 0.15) is 12.2 Å². The summed E-state index contributed by atoms with van der Waals surface area (Å²) < 4.78 is 2.08. The number of allylic oxidation sites excluding steroid dienone is 1. The zero-order valence-electron chi connectivity index (χ0n) is 13.6. The Balaban J connectivity index is 1.55. The van der Waals surface area contributed by atoms with Crippen molar-refractivity contribution in [2.45, 2.75) is 45.4 Å². The number of hydrogen-bond acceptors (Lipinski definition) is 3. The molecule has 1 aliphatic carbocycles. The van der Waals surface area contributed by atoms with E-state index < -0.39 is 0 Å². The lowest BCUT2D eigenvalue weighted by molar-refractivity contribution is 0.165. The monoisotopic (exact) mass is 288 g/mol. The summed E-state index contributed by atoms with van der Waals surface area (Å²) in [5.41, 5.74) is 1.61. The predicted octanol–water partition coefficient (Wildman–Crippen LogP) is 2.99. The minimum atomic E-state index is 0.592. The Morgan fingerprint density at radius 2 is 2.00 bits per heavy atom. The first-order valence-electron chi connectivity index (χ1n) is 8.38. The number of aromatic nitrogens is 3. The highest BCUT2D eigenvalue weighted by Gasteiger charge is 2.28. The van der Waals surface area contributed by atoms with Gasteiger partial charge in [0, 0.05) is 19.5 Å². The molecule has 1 saturated heterocycles. The van der Waals surface area contributed by atoms with E-state index in [0.717, 1.165) is 17.7 Å². The van der Waals surface area contributed by atoms with E-state index in [0.29, 0.717) is 5.92 Å². The van der Waals surface area contributed by atoms with Crippen molar-refractivity contribution in [3.8, 4) is 0 Å².